The molecule has 0 bridgehead atoms. The van der Waals surface area contributed by atoms with E-state index in [1.165, 1.54) is 6.92 Å². The van der Waals surface area contributed by atoms with Gasteiger partial charge in [0.1, 0.15) is 0 Å². The van der Waals surface area contributed by atoms with Gasteiger partial charge >= 0.3 is 0 Å². The summed E-state index contributed by atoms with van der Waals surface area (Å²) in [7, 11) is 0. The van der Waals surface area contributed by atoms with Crippen molar-refractivity contribution < 1.29 is 14.4 Å². The highest BCUT2D eigenvalue weighted by atomic mass is 32.1. The Balaban J connectivity index is 2.66. The van der Waals surface area contributed by atoms with Gasteiger partial charge in [0.25, 0.3) is 5.91 Å². The standard InChI is InChI=1S/C16H23N3O3S/c1-3-4-5-6-11-22-19(16(17)23)15(21)13-7-9-14(10-8-13)18-12(2)20/h7-10H,3-6,11H2,1-2H3,(H2,17,23)(H,18,20). The molecule has 0 aromatic heterocycles. The van der Waals surface area contributed by atoms with Crippen molar-refractivity contribution >= 4 is 34.8 Å². The number of carbonyl (C=O) groups excluding carboxylic acids is 2. The summed E-state index contributed by atoms with van der Waals surface area (Å²) in [6.07, 6.45) is 4.11. The molecule has 0 aliphatic rings. The van der Waals surface area contributed by atoms with E-state index in [0.717, 1.165) is 30.7 Å². The third-order valence-corrected chi connectivity index (χ3v) is 3.22. The van der Waals surface area contributed by atoms with Crippen LogP contribution in [0.3, 0.4) is 0 Å². The molecule has 126 valence electrons. The predicted octanol–water partition coefficient (Wildman–Crippen LogP) is 2.84. The minimum atomic E-state index is -0.428. The summed E-state index contributed by atoms with van der Waals surface area (Å²) in [4.78, 5) is 28.8. The number of unbranched alkanes of at least 4 members (excludes halogenated alkanes) is 3. The molecule has 0 aliphatic carbocycles. The number of thiocarbonyl (C=S) groups is 1. The maximum atomic E-state index is 12.4. The molecule has 0 fully saturated rings. The van der Waals surface area contributed by atoms with Gasteiger partial charge in [-0.15, -0.1) is 0 Å². The Labute approximate surface area is 141 Å². The fraction of sp³-hybridized carbons (Fsp3) is 0.438. The Bertz CT molecular complexity index is 546. The third-order valence-electron chi connectivity index (χ3n) is 3.06. The lowest BCUT2D eigenvalue weighted by Gasteiger charge is -2.20. The molecule has 0 saturated carbocycles. The molecule has 1 aromatic rings. The minimum absolute atomic E-state index is 0.128. The van der Waals surface area contributed by atoms with E-state index in [-0.39, 0.29) is 11.0 Å². The summed E-state index contributed by atoms with van der Waals surface area (Å²) in [6.45, 7) is 3.92. The number of nitrogens with two attached hydrogens (primary N) is 1. The number of hydrogen-bond acceptors (Lipinski definition) is 4. The van der Waals surface area contributed by atoms with E-state index >= 15 is 0 Å². The number of nitrogens with zero attached hydrogens (tertiary/aromatic N) is 1. The zero-order valence-electron chi connectivity index (χ0n) is 13.5. The van der Waals surface area contributed by atoms with Crippen LogP contribution in [0.5, 0.6) is 0 Å². The summed E-state index contributed by atoms with van der Waals surface area (Å²) in [5.74, 6) is -0.605. The average Bonchev–Trinajstić information content (AvgIpc) is 2.50. The van der Waals surface area contributed by atoms with Crippen molar-refractivity contribution in [2.24, 2.45) is 5.73 Å². The first-order chi connectivity index (χ1) is 11.0. The van der Waals surface area contributed by atoms with Gasteiger partial charge in [-0.2, -0.15) is 5.06 Å². The number of rotatable bonds is 8. The molecule has 0 unspecified atom stereocenters. The van der Waals surface area contributed by atoms with Gasteiger partial charge < -0.3 is 11.1 Å². The second-order valence-corrected chi connectivity index (χ2v) is 5.51. The molecular weight excluding hydrogens is 314 g/mol. The van der Waals surface area contributed by atoms with E-state index < -0.39 is 5.91 Å². The predicted molar refractivity (Wildman–Crippen MR) is 93.8 cm³/mol. The van der Waals surface area contributed by atoms with Crippen LogP contribution in [0.2, 0.25) is 0 Å². The smallest absolute Gasteiger partial charge is 0.284 e. The van der Waals surface area contributed by atoms with Gasteiger partial charge in [0, 0.05) is 18.2 Å². The Morgan fingerprint density at radius 2 is 1.87 bits per heavy atom. The Morgan fingerprint density at radius 1 is 1.22 bits per heavy atom. The first-order valence-electron chi connectivity index (χ1n) is 7.60. The average molecular weight is 337 g/mol. The van der Waals surface area contributed by atoms with Crippen molar-refractivity contribution in [1.82, 2.24) is 5.06 Å². The molecule has 23 heavy (non-hydrogen) atoms. The van der Waals surface area contributed by atoms with E-state index in [2.05, 4.69) is 12.2 Å². The highest BCUT2D eigenvalue weighted by Gasteiger charge is 2.19. The number of benzene rings is 1. The molecule has 7 heteroatoms. The molecule has 0 atom stereocenters. The van der Waals surface area contributed by atoms with Crippen LogP contribution in [0, 0.1) is 0 Å². The van der Waals surface area contributed by atoms with Crippen LogP contribution in [0.25, 0.3) is 0 Å². The van der Waals surface area contributed by atoms with Crippen molar-refractivity contribution in [1.29, 1.82) is 0 Å². The van der Waals surface area contributed by atoms with Crippen molar-refractivity contribution in [3.63, 3.8) is 0 Å². The Morgan fingerprint density at radius 3 is 2.39 bits per heavy atom. The number of hydrogen-bond donors (Lipinski definition) is 2. The van der Waals surface area contributed by atoms with Gasteiger partial charge in [0.05, 0.1) is 6.61 Å². The van der Waals surface area contributed by atoms with Crippen LogP contribution >= 0.6 is 12.2 Å². The SMILES string of the molecule is CCCCCCON(C(=O)c1ccc(NC(C)=O)cc1)C(N)=S. The summed E-state index contributed by atoms with van der Waals surface area (Å²) in [5, 5.41) is 3.44. The number of amides is 2. The first kappa shape index (κ1) is 19.1. The molecular formula is C16H23N3O3S. The number of anilines is 1. The second-order valence-electron chi connectivity index (χ2n) is 5.09. The zero-order chi connectivity index (χ0) is 17.2. The van der Waals surface area contributed by atoms with E-state index in [1.54, 1.807) is 24.3 Å². The highest BCUT2D eigenvalue weighted by Crippen LogP contribution is 2.12. The number of carbonyl (C=O) groups is 2. The van der Waals surface area contributed by atoms with Gasteiger partial charge in [-0.25, -0.2) is 0 Å². The minimum Gasteiger partial charge on any atom is -0.374 e. The molecule has 0 heterocycles. The van der Waals surface area contributed by atoms with Gasteiger partial charge in [-0.1, -0.05) is 26.2 Å². The van der Waals surface area contributed by atoms with Gasteiger partial charge in [-0.3, -0.25) is 14.4 Å². The molecule has 6 nitrogen and oxygen atoms in total. The Hall–Kier alpha value is -1.99. The van der Waals surface area contributed by atoms with E-state index in [9.17, 15) is 9.59 Å². The highest BCUT2D eigenvalue weighted by molar-refractivity contribution is 7.80. The van der Waals surface area contributed by atoms with Crippen molar-refractivity contribution in [3.8, 4) is 0 Å². The van der Waals surface area contributed by atoms with Crippen molar-refractivity contribution in [2.45, 2.75) is 39.5 Å². The van der Waals surface area contributed by atoms with Crippen LogP contribution in [-0.2, 0) is 9.63 Å². The molecule has 0 radical (unpaired) electrons. The van der Waals surface area contributed by atoms with Crippen LogP contribution in [-0.4, -0.2) is 28.6 Å². The summed E-state index contributed by atoms with van der Waals surface area (Å²) in [6, 6.07) is 6.43. The number of hydroxylamine groups is 2. The summed E-state index contributed by atoms with van der Waals surface area (Å²) in [5.41, 5.74) is 6.55. The van der Waals surface area contributed by atoms with E-state index in [4.69, 9.17) is 22.8 Å². The van der Waals surface area contributed by atoms with Crippen LogP contribution in [0.1, 0.15) is 49.9 Å². The molecule has 3 N–H and O–H groups in total. The molecule has 2 amide bonds. The monoisotopic (exact) mass is 337 g/mol. The number of nitrogens with one attached hydrogen (secondary N) is 1. The van der Waals surface area contributed by atoms with Crippen molar-refractivity contribution in [2.75, 3.05) is 11.9 Å². The maximum absolute atomic E-state index is 12.4. The summed E-state index contributed by atoms with van der Waals surface area (Å²) >= 11 is 4.88. The van der Waals surface area contributed by atoms with Gasteiger partial charge in [0.15, 0.2) is 5.11 Å². The van der Waals surface area contributed by atoms with Crippen LogP contribution < -0.4 is 11.1 Å². The van der Waals surface area contributed by atoms with E-state index in [1.807, 2.05) is 0 Å². The van der Waals surface area contributed by atoms with E-state index in [0.29, 0.717) is 17.9 Å². The quantitative estimate of drug-likeness (QED) is 0.433. The topological polar surface area (TPSA) is 84.7 Å². The normalized spacial score (nSPS) is 10.2. The first-order valence-corrected chi connectivity index (χ1v) is 8.01. The second kappa shape index (κ2) is 9.91. The Kier molecular flexibility index (Phi) is 8.21. The molecule has 0 saturated heterocycles. The summed E-state index contributed by atoms with van der Waals surface area (Å²) < 4.78 is 0. The molecule has 1 aromatic carbocycles. The molecule has 0 spiro atoms. The van der Waals surface area contributed by atoms with Gasteiger partial charge in [-0.05, 0) is 42.9 Å². The lowest BCUT2D eigenvalue weighted by Crippen LogP contribution is -2.40. The fourth-order valence-electron chi connectivity index (χ4n) is 1.92. The van der Waals surface area contributed by atoms with Crippen molar-refractivity contribution in [3.05, 3.63) is 29.8 Å². The fourth-order valence-corrected chi connectivity index (χ4v) is 2.06. The third kappa shape index (κ3) is 6.75. The molecule has 1 rings (SSSR count). The zero-order valence-corrected chi connectivity index (χ0v) is 14.3. The van der Waals surface area contributed by atoms with Crippen LogP contribution in [0.4, 0.5) is 5.69 Å². The van der Waals surface area contributed by atoms with Gasteiger partial charge in [0.2, 0.25) is 5.91 Å². The maximum Gasteiger partial charge on any atom is 0.284 e. The lowest BCUT2D eigenvalue weighted by molar-refractivity contribution is -0.114. The molecule has 0 aliphatic heterocycles. The largest absolute Gasteiger partial charge is 0.374 e. The lowest BCUT2D eigenvalue weighted by atomic mass is 10.2. The van der Waals surface area contributed by atoms with Crippen LogP contribution in [0.15, 0.2) is 24.3 Å².